The highest BCUT2D eigenvalue weighted by atomic mass is 32.2. The zero-order chi connectivity index (χ0) is 19.3. The van der Waals surface area contributed by atoms with Crippen LogP contribution in [0.5, 0.6) is 0 Å². The molecule has 0 aliphatic carbocycles. The molecule has 0 saturated carbocycles. The fourth-order valence-electron chi connectivity index (χ4n) is 2.43. The highest BCUT2D eigenvalue weighted by Gasteiger charge is 2.15. The van der Waals surface area contributed by atoms with Gasteiger partial charge in [-0.2, -0.15) is 0 Å². The summed E-state index contributed by atoms with van der Waals surface area (Å²) in [6.45, 7) is 11.0. The van der Waals surface area contributed by atoms with Gasteiger partial charge >= 0.3 is 0 Å². The smallest absolute Gasteiger partial charge is 0.262 e. The van der Waals surface area contributed by atoms with Crippen molar-refractivity contribution in [1.29, 1.82) is 0 Å². The van der Waals surface area contributed by atoms with Crippen LogP contribution in [0.3, 0.4) is 0 Å². The van der Waals surface area contributed by atoms with Gasteiger partial charge in [-0.05, 0) is 37.3 Å². The molecule has 0 bridgehead atoms. The van der Waals surface area contributed by atoms with Gasteiger partial charge in [-0.1, -0.05) is 51.6 Å². The Balaban J connectivity index is 2.25. The van der Waals surface area contributed by atoms with E-state index in [1.807, 2.05) is 31.2 Å². The zero-order valence-corrected chi connectivity index (χ0v) is 17.1. The predicted octanol–water partition coefficient (Wildman–Crippen LogP) is 3.70. The van der Waals surface area contributed by atoms with Gasteiger partial charge in [0, 0.05) is 12.6 Å². The second kappa shape index (κ2) is 9.21. The monoisotopic (exact) mass is 375 g/mol. The SMILES string of the molecule is CC(C)CCn1c(SCC(=O)NC(C)C(C)C)nc2ccccc2c1=O. The number of para-hydroxylation sites is 1. The van der Waals surface area contributed by atoms with E-state index in [0.717, 1.165) is 6.42 Å². The van der Waals surface area contributed by atoms with Gasteiger partial charge in [-0.25, -0.2) is 4.98 Å². The van der Waals surface area contributed by atoms with E-state index in [0.29, 0.717) is 34.4 Å². The second-order valence-electron chi connectivity index (χ2n) is 7.44. The van der Waals surface area contributed by atoms with E-state index in [9.17, 15) is 9.59 Å². The molecular formula is C20H29N3O2S. The molecule has 5 nitrogen and oxygen atoms in total. The molecule has 1 aromatic heterocycles. The molecule has 1 heterocycles. The van der Waals surface area contributed by atoms with Crippen molar-refractivity contribution >= 4 is 28.6 Å². The standard InChI is InChI=1S/C20H29N3O2S/c1-13(2)10-11-23-19(25)16-8-6-7-9-17(16)22-20(23)26-12-18(24)21-15(5)14(3)4/h6-9,13-15H,10-12H2,1-5H3,(H,21,24). The molecule has 26 heavy (non-hydrogen) atoms. The minimum atomic E-state index is -0.0333. The Labute approximate surface area is 159 Å². The summed E-state index contributed by atoms with van der Waals surface area (Å²) in [6.07, 6.45) is 0.893. The number of fused-ring (bicyclic) bond motifs is 1. The largest absolute Gasteiger partial charge is 0.353 e. The van der Waals surface area contributed by atoms with Gasteiger partial charge in [-0.15, -0.1) is 0 Å². The van der Waals surface area contributed by atoms with Gasteiger partial charge in [0.1, 0.15) is 0 Å². The Morgan fingerprint density at radius 1 is 1.19 bits per heavy atom. The average molecular weight is 376 g/mol. The molecular weight excluding hydrogens is 346 g/mol. The van der Waals surface area contributed by atoms with E-state index in [-0.39, 0.29) is 23.3 Å². The number of amides is 1. The number of nitrogens with one attached hydrogen (secondary N) is 1. The summed E-state index contributed by atoms with van der Waals surface area (Å²) in [5.74, 6) is 1.09. The van der Waals surface area contributed by atoms with E-state index in [1.54, 1.807) is 4.57 Å². The first kappa shape index (κ1) is 20.5. The van der Waals surface area contributed by atoms with Gasteiger partial charge in [0.15, 0.2) is 5.16 Å². The molecule has 0 radical (unpaired) electrons. The second-order valence-corrected chi connectivity index (χ2v) is 8.38. The lowest BCUT2D eigenvalue weighted by atomic mass is 10.1. The summed E-state index contributed by atoms with van der Waals surface area (Å²) in [7, 11) is 0. The molecule has 0 aliphatic heterocycles. The van der Waals surface area contributed by atoms with Crippen LogP contribution >= 0.6 is 11.8 Å². The topological polar surface area (TPSA) is 64.0 Å². The molecule has 0 fully saturated rings. The number of thioether (sulfide) groups is 1. The summed E-state index contributed by atoms with van der Waals surface area (Å²) in [5, 5.41) is 4.23. The Kier molecular flexibility index (Phi) is 7.26. The van der Waals surface area contributed by atoms with Crippen LogP contribution in [0.4, 0.5) is 0 Å². The van der Waals surface area contributed by atoms with Gasteiger partial charge in [0.25, 0.3) is 5.56 Å². The minimum absolute atomic E-state index is 0.0327. The average Bonchev–Trinajstić information content (AvgIpc) is 2.59. The molecule has 1 N–H and O–H groups in total. The molecule has 1 amide bonds. The summed E-state index contributed by atoms with van der Waals surface area (Å²) in [6, 6.07) is 7.50. The van der Waals surface area contributed by atoms with Crippen molar-refractivity contribution in [3.05, 3.63) is 34.6 Å². The van der Waals surface area contributed by atoms with Crippen LogP contribution in [0.25, 0.3) is 10.9 Å². The summed E-state index contributed by atoms with van der Waals surface area (Å²) < 4.78 is 1.71. The van der Waals surface area contributed by atoms with Crippen molar-refractivity contribution in [1.82, 2.24) is 14.9 Å². The Bertz CT molecular complexity index is 814. The lowest BCUT2D eigenvalue weighted by Gasteiger charge is -2.18. The number of benzene rings is 1. The number of carbonyl (C=O) groups is 1. The first-order valence-electron chi connectivity index (χ1n) is 9.21. The van der Waals surface area contributed by atoms with E-state index in [1.165, 1.54) is 11.8 Å². The maximum atomic E-state index is 12.9. The van der Waals surface area contributed by atoms with Gasteiger partial charge < -0.3 is 5.32 Å². The van der Waals surface area contributed by atoms with E-state index in [2.05, 4.69) is 38.0 Å². The van der Waals surface area contributed by atoms with Crippen molar-refractivity contribution in [2.24, 2.45) is 11.8 Å². The highest BCUT2D eigenvalue weighted by Crippen LogP contribution is 2.19. The molecule has 1 atom stereocenters. The van der Waals surface area contributed by atoms with Crippen LogP contribution in [0, 0.1) is 11.8 Å². The van der Waals surface area contributed by atoms with Crippen LogP contribution in [0.2, 0.25) is 0 Å². The molecule has 2 aromatic rings. The van der Waals surface area contributed by atoms with Crippen molar-refractivity contribution in [3.63, 3.8) is 0 Å². The van der Waals surface area contributed by atoms with E-state index in [4.69, 9.17) is 0 Å². The van der Waals surface area contributed by atoms with E-state index < -0.39 is 0 Å². The molecule has 0 saturated heterocycles. The van der Waals surface area contributed by atoms with Crippen LogP contribution in [0.1, 0.15) is 41.0 Å². The number of nitrogens with zero attached hydrogens (tertiary/aromatic N) is 2. The number of hydrogen-bond acceptors (Lipinski definition) is 4. The fraction of sp³-hybridized carbons (Fsp3) is 0.550. The number of hydrogen-bond donors (Lipinski definition) is 1. The molecule has 0 aliphatic rings. The zero-order valence-electron chi connectivity index (χ0n) is 16.3. The van der Waals surface area contributed by atoms with Gasteiger partial charge in [0.05, 0.1) is 16.7 Å². The summed E-state index contributed by atoms with van der Waals surface area (Å²) in [5.41, 5.74) is 0.645. The van der Waals surface area contributed by atoms with Crippen LogP contribution in [-0.2, 0) is 11.3 Å². The molecule has 142 valence electrons. The summed E-state index contributed by atoms with van der Waals surface area (Å²) in [4.78, 5) is 29.7. The molecule has 2 rings (SSSR count). The lowest BCUT2D eigenvalue weighted by Crippen LogP contribution is -2.37. The predicted molar refractivity (Wildman–Crippen MR) is 109 cm³/mol. The molecule has 1 aromatic carbocycles. The first-order valence-corrected chi connectivity index (χ1v) is 10.2. The Morgan fingerprint density at radius 2 is 1.88 bits per heavy atom. The molecule has 1 unspecified atom stereocenters. The van der Waals surface area contributed by atoms with Crippen LogP contribution < -0.4 is 10.9 Å². The third-order valence-electron chi connectivity index (χ3n) is 4.48. The van der Waals surface area contributed by atoms with Crippen molar-refractivity contribution in [2.75, 3.05) is 5.75 Å². The van der Waals surface area contributed by atoms with Crippen LogP contribution in [-0.4, -0.2) is 27.3 Å². The first-order chi connectivity index (χ1) is 12.3. The Hall–Kier alpha value is -1.82. The van der Waals surface area contributed by atoms with Gasteiger partial charge in [0.2, 0.25) is 5.91 Å². The molecule has 6 heteroatoms. The van der Waals surface area contributed by atoms with E-state index >= 15 is 0 Å². The number of aromatic nitrogens is 2. The van der Waals surface area contributed by atoms with Crippen molar-refractivity contribution in [3.8, 4) is 0 Å². The quantitative estimate of drug-likeness (QED) is 0.564. The molecule has 0 spiro atoms. The summed E-state index contributed by atoms with van der Waals surface area (Å²) >= 11 is 1.33. The minimum Gasteiger partial charge on any atom is -0.353 e. The Morgan fingerprint density at radius 3 is 2.54 bits per heavy atom. The normalized spacial score (nSPS) is 12.7. The third kappa shape index (κ3) is 5.34. The number of rotatable bonds is 8. The lowest BCUT2D eigenvalue weighted by molar-refractivity contribution is -0.119. The third-order valence-corrected chi connectivity index (χ3v) is 5.45. The van der Waals surface area contributed by atoms with Gasteiger partial charge in [-0.3, -0.25) is 14.2 Å². The maximum absolute atomic E-state index is 12.9. The van der Waals surface area contributed by atoms with Crippen molar-refractivity contribution < 1.29 is 4.79 Å². The number of carbonyl (C=O) groups excluding carboxylic acids is 1. The fourth-order valence-corrected chi connectivity index (χ4v) is 3.27. The highest BCUT2D eigenvalue weighted by molar-refractivity contribution is 7.99. The van der Waals surface area contributed by atoms with Crippen LogP contribution in [0.15, 0.2) is 34.2 Å². The maximum Gasteiger partial charge on any atom is 0.262 e. The van der Waals surface area contributed by atoms with Crippen molar-refractivity contribution in [2.45, 2.75) is 58.8 Å².